The quantitative estimate of drug-likeness (QED) is 0.842. The molecule has 0 saturated carbocycles. The molecule has 17 heavy (non-hydrogen) atoms. The summed E-state index contributed by atoms with van der Waals surface area (Å²) in [4.78, 5) is 4.43. The van der Waals surface area contributed by atoms with Crippen LogP contribution < -0.4 is 0 Å². The van der Waals surface area contributed by atoms with Gasteiger partial charge in [-0.3, -0.25) is 0 Å². The number of hydrogen-bond acceptors (Lipinski definition) is 2. The molecule has 0 radical (unpaired) electrons. The van der Waals surface area contributed by atoms with Gasteiger partial charge in [0, 0.05) is 30.4 Å². The summed E-state index contributed by atoms with van der Waals surface area (Å²) in [7, 11) is 0. The van der Waals surface area contributed by atoms with Crippen molar-refractivity contribution in [1.82, 2.24) is 9.55 Å². The van der Waals surface area contributed by atoms with Gasteiger partial charge >= 0.3 is 0 Å². The van der Waals surface area contributed by atoms with Gasteiger partial charge in [0.2, 0.25) is 0 Å². The van der Waals surface area contributed by atoms with Gasteiger partial charge in [-0.1, -0.05) is 23.7 Å². The molecule has 1 aromatic carbocycles. The molecule has 1 unspecified atom stereocenters. The highest BCUT2D eigenvalue weighted by Gasteiger charge is 2.21. The van der Waals surface area contributed by atoms with E-state index in [2.05, 4.69) is 9.55 Å². The molecule has 3 nitrogen and oxygen atoms in total. The molecule has 0 aliphatic carbocycles. The van der Waals surface area contributed by atoms with Crippen molar-refractivity contribution in [3.63, 3.8) is 0 Å². The van der Waals surface area contributed by atoms with Crippen LogP contribution in [0.5, 0.6) is 0 Å². The fraction of sp³-hybridized carbons (Fsp3) is 0.308. The molecule has 0 saturated heterocycles. The number of aromatic nitrogens is 2. The Balaban J connectivity index is 2.09. The van der Waals surface area contributed by atoms with Crippen molar-refractivity contribution < 1.29 is 5.11 Å². The van der Waals surface area contributed by atoms with E-state index < -0.39 is 0 Å². The number of imidazole rings is 1. The van der Waals surface area contributed by atoms with Crippen LogP contribution in [0.3, 0.4) is 0 Å². The molecule has 1 atom stereocenters. The van der Waals surface area contributed by atoms with Crippen LogP contribution >= 0.6 is 11.6 Å². The third kappa shape index (κ3) is 1.85. The third-order valence-corrected chi connectivity index (χ3v) is 3.51. The Kier molecular flexibility index (Phi) is 2.65. The summed E-state index contributed by atoms with van der Waals surface area (Å²) in [5.41, 5.74) is 2.04. The van der Waals surface area contributed by atoms with Crippen LogP contribution in [0.2, 0.25) is 5.02 Å². The average molecular weight is 249 g/mol. The van der Waals surface area contributed by atoms with Gasteiger partial charge < -0.3 is 9.67 Å². The molecule has 1 aliphatic rings. The minimum atomic E-state index is -0.238. The van der Waals surface area contributed by atoms with Crippen molar-refractivity contribution in [2.45, 2.75) is 25.5 Å². The molecule has 3 rings (SSSR count). The summed E-state index contributed by atoms with van der Waals surface area (Å²) < 4.78 is 2.15. The summed E-state index contributed by atoms with van der Waals surface area (Å²) >= 11 is 6.18. The topological polar surface area (TPSA) is 38.0 Å². The standard InChI is InChI=1S/C13H13ClN2O/c14-12-4-2-1-3-11(12)13-15-8-9-7-10(17)5-6-16(9)13/h1-4,8,10,17H,5-7H2. The molecule has 0 bridgehead atoms. The molecule has 4 heteroatoms. The lowest BCUT2D eigenvalue weighted by Crippen LogP contribution is -2.23. The Hall–Kier alpha value is -1.32. The first-order chi connectivity index (χ1) is 8.25. The number of rotatable bonds is 1. The molecule has 1 aliphatic heterocycles. The molecule has 2 aromatic rings. The van der Waals surface area contributed by atoms with E-state index in [1.807, 2.05) is 30.5 Å². The van der Waals surface area contributed by atoms with E-state index in [4.69, 9.17) is 11.6 Å². The molecule has 0 fully saturated rings. The van der Waals surface area contributed by atoms with Crippen molar-refractivity contribution in [3.05, 3.63) is 41.2 Å². The van der Waals surface area contributed by atoms with Crippen LogP contribution in [0.4, 0.5) is 0 Å². The van der Waals surface area contributed by atoms with Crippen LogP contribution in [0.15, 0.2) is 30.5 Å². The third-order valence-electron chi connectivity index (χ3n) is 3.18. The Bertz CT molecular complexity index is 550. The van der Waals surface area contributed by atoms with Gasteiger partial charge in [-0.25, -0.2) is 4.98 Å². The highest BCUT2D eigenvalue weighted by atomic mass is 35.5. The van der Waals surface area contributed by atoms with Gasteiger partial charge in [-0.15, -0.1) is 0 Å². The van der Waals surface area contributed by atoms with Gasteiger partial charge in [0.25, 0.3) is 0 Å². The van der Waals surface area contributed by atoms with E-state index in [1.54, 1.807) is 0 Å². The molecule has 2 heterocycles. The van der Waals surface area contributed by atoms with E-state index in [1.165, 1.54) is 0 Å². The fourth-order valence-corrected chi connectivity index (χ4v) is 2.52. The maximum Gasteiger partial charge on any atom is 0.141 e. The SMILES string of the molecule is OC1CCn2c(cnc2-c2ccccc2Cl)C1. The highest BCUT2D eigenvalue weighted by molar-refractivity contribution is 6.33. The maximum absolute atomic E-state index is 9.62. The van der Waals surface area contributed by atoms with Crippen molar-refractivity contribution in [2.75, 3.05) is 0 Å². The summed E-state index contributed by atoms with van der Waals surface area (Å²) in [6, 6.07) is 7.72. The summed E-state index contributed by atoms with van der Waals surface area (Å²) in [5.74, 6) is 0.900. The van der Waals surface area contributed by atoms with Crippen LogP contribution in [0.1, 0.15) is 12.1 Å². The zero-order valence-electron chi connectivity index (χ0n) is 9.31. The second kappa shape index (κ2) is 4.17. The van der Waals surface area contributed by atoms with Crippen molar-refractivity contribution in [1.29, 1.82) is 0 Å². The first kappa shape index (κ1) is 10.8. The molecule has 1 aromatic heterocycles. The second-order valence-electron chi connectivity index (χ2n) is 4.35. The molecule has 0 spiro atoms. The maximum atomic E-state index is 9.62. The lowest BCUT2D eigenvalue weighted by atomic mass is 10.1. The Morgan fingerprint density at radius 3 is 3.00 bits per heavy atom. The zero-order valence-corrected chi connectivity index (χ0v) is 10.1. The minimum Gasteiger partial charge on any atom is -0.393 e. The average Bonchev–Trinajstić information content (AvgIpc) is 2.72. The van der Waals surface area contributed by atoms with E-state index in [0.29, 0.717) is 11.4 Å². The summed E-state index contributed by atoms with van der Waals surface area (Å²) in [6.45, 7) is 0.803. The first-order valence-corrected chi connectivity index (χ1v) is 6.11. The predicted octanol–water partition coefficient (Wildman–Crippen LogP) is 2.51. The normalized spacial score (nSPS) is 19.1. The Morgan fingerprint density at radius 1 is 1.35 bits per heavy atom. The molecular weight excluding hydrogens is 236 g/mol. The number of halogens is 1. The van der Waals surface area contributed by atoms with Gasteiger partial charge in [-0.2, -0.15) is 0 Å². The van der Waals surface area contributed by atoms with Gasteiger partial charge in [0.15, 0.2) is 0 Å². The largest absolute Gasteiger partial charge is 0.393 e. The van der Waals surface area contributed by atoms with E-state index in [-0.39, 0.29) is 6.10 Å². The zero-order chi connectivity index (χ0) is 11.8. The molecule has 88 valence electrons. The first-order valence-electron chi connectivity index (χ1n) is 5.73. The van der Waals surface area contributed by atoms with Crippen molar-refractivity contribution in [2.24, 2.45) is 0 Å². The minimum absolute atomic E-state index is 0.238. The van der Waals surface area contributed by atoms with E-state index in [0.717, 1.165) is 30.0 Å². The molecular formula is C13H13ClN2O. The predicted molar refractivity (Wildman–Crippen MR) is 67.0 cm³/mol. The Morgan fingerprint density at radius 2 is 2.18 bits per heavy atom. The van der Waals surface area contributed by atoms with Crippen LogP contribution in [0, 0.1) is 0 Å². The number of benzene rings is 1. The summed E-state index contributed by atoms with van der Waals surface area (Å²) in [6.07, 6.45) is 3.05. The van der Waals surface area contributed by atoms with Gasteiger partial charge in [0.05, 0.1) is 11.1 Å². The van der Waals surface area contributed by atoms with E-state index in [9.17, 15) is 5.11 Å². The van der Waals surface area contributed by atoms with E-state index >= 15 is 0 Å². The number of nitrogens with zero attached hydrogens (tertiary/aromatic N) is 2. The highest BCUT2D eigenvalue weighted by Crippen LogP contribution is 2.29. The molecule has 1 N–H and O–H groups in total. The van der Waals surface area contributed by atoms with Gasteiger partial charge in [-0.05, 0) is 18.6 Å². The smallest absolute Gasteiger partial charge is 0.141 e. The van der Waals surface area contributed by atoms with Crippen molar-refractivity contribution >= 4 is 11.6 Å². The Labute approximate surface area is 105 Å². The lowest BCUT2D eigenvalue weighted by Gasteiger charge is -2.21. The second-order valence-corrected chi connectivity index (χ2v) is 4.76. The lowest BCUT2D eigenvalue weighted by molar-refractivity contribution is 0.144. The monoisotopic (exact) mass is 248 g/mol. The fourth-order valence-electron chi connectivity index (χ4n) is 2.30. The molecule has 0 amide bonds. The number of hydrogen-bond donors (Lipinski definition) is 1. The van der Waals surface area contributed by atoms with Crippen LogP contribution in [-0.2, 0) is 13.0 Å². The van der Waals surface area contributed by atoms with Crippen LogP contribution in [0.25, 0.3) is 11.4 Å². The number of aliphatic hydroxyl groups is 1. The van der Waals surface area contributed by atoms with Crippen molar-refractivity contribution in [3.8, 4) is 11.4 Å². The number of aliphatic hydroxyl groups excluding tert-OH is 1. The summed E-state index contributed by atoms with van der Waals surface area (Å²) in [5, 5.41) is 10.3. The number of fused-ring (bicyclic) bond motifs is 1. The van der Waals surface area contributed by atoms with Crippen LogP contribution in [-0.4, -0.2) is 20.8 Å². The van der Waals surface area contributed by atoms with Gasteiger partial charge in [0.1, 0.15) is 5.82 Å².